The maximum absolute atomic E-state index is 11.6. The lowest BCUT2D eigenvalue weighted by Crippen LogP contribution is -2.03. The smallest absolute Gasteiger partial charge is 0.336 e. The lowest BCUT2D eigenvalue weighted by atomic mass is 10.2. The summed E-state index contributed by atoms with van der Waals surface area (Å²) >= 11 is 5.84. The molecule has 0 bridgehead atoms. The van der Waals surface area contributed by atoms with Gasteiger partial charge < -0.3 is 4.74 Å². The molecule has 0 saturated carbocycles. The van der Waals surface area contributed by atoms with Crippen molar-refractivity contribution in [2.75, 3.05) is 0 Å². The molecule has 2 rings (SSSR count). The van der Waals surface area contributed by atoms with E-state index in [-0.39, 0.29) is 0 Å². The average Bonchev–Trinajstić information content (AvgIpc) is 2.45. The quantitative estimate of drug-likeness (QED) is 0.489. The van der Waals surface area contributed by atoms with Gasteiger partial charge in [-0.05, 0) is 42.0 Å². The second kappa shape index (κ2) is 6.55. The predicted octanol–water partition coefficient (Wildman–Crippen LogP) is 3.83. The molecular formula is C16H10ClNO2. The van der Waals surface area contributed by atoms with Gasteiger partial charge >= 0.3 is 5.97 Å². The summed E-state index contributed by atoms with van der Waals surface area (Å²) in [4.78, 5) is 11.6. The van der Waals surface area contributed by atoms with Gasteiger partial charge in [-0.2, -0.15) is 5.26 Å². The molecule has 2 aromatic rings. The molecule has 0 spiro atoms. The van der Waals surface area contributed by atoms with Crippen molar-refractivity contribution in [1.29, 1.82) is 5.26 Å². The van der Waals surface area contributed by atoms with Crippen LogP contribution >= 0.6 is 11.6 Å². The van der Waals surface area contributed by atoms with Crippen LogP contribution in [0.25, 0.3) is 6.08 Å². The molecule has 20 heavy (non-hydrogen) atoms. The number of hydrogen-bond acceptors (Lipinski definition) is 3. The maximum Gasteiger partial charge on any atom is 0.336 e. The van der Waals surface area contributed by atoms with Crippen LogP contribution in [0.5, 0.6) is 5.75 Å². The number of carbonyl (C=O) groups is 1. The highest BCUT2D eigenvalue weighted by Crippen LogP contribution is 2.14. The summed E-state index contributed by atoms with van der Waals surface area (Å²) in [5, 5.41) is 9.36. The van der Waals surface area contributed by atoms with Crippen molar-refractivity contribution >= 4 is 23.6 Å². The number of hydrogen-bond donors (Lipinski definition) is 0. The normalized spacial score (nSPS) is 10.2. The monoisotopic (exact) mass is 283 g/mol. The second-order valence-corrected chi connectivity index (χ2v) is 4.39. The summed E-state index contributed by atoms with van der Waals surface area (Å²) < 4.78 is 5.10. The average molecular weight is 284 g/mol. The van der Waals surface area contributed by atoms with Crippen LogP contribution in [0.3, 0.4) is 0 Å². The molecule has 0 heterocycles. The van der Waals surface area contributed by atoms with E-state index in [1.165, 1.54) is 12.1 Å². The Bertz CT molecular complexity index is 702. The minimum absolute atomic E-state index is 0.338. The number of rotatable bonds is 3. The van der Waals surface area contributed by atoms with Crippen molar-refractivity contribution in [2.45, 2.75) is 0 Å². The van der Waals surface area contributed by atoms with Gasteiger partial charge in [0.15, 0.2) is 0 Å². The number of nitriles is 1. The summed E-state index contributed by atoms with van der Waals surface area (Å²) in [6.07, 6.45) is 2.92. The molecule has 0 aliphatic heterocycles. The van der Waals surface area contributed by atoms with Gasteiger partial charge in [0.2, 0.25) is 0 Å². The first-order chi connectivity index (χ1) is 9.67. The fraction of sp³-hybridized carbons (Fsp3) is 0. The van der Waals surface area contributed by atoms with Gasteiger partial charge in [-0.3, -0.25) is 0 Å². The molecule has 0 saturated heterocycles. The van der Waals surface area contributed by atoms with Crippen LogP contribution < -0.4 is 4.74 Å². The summed E-state index contributed by atoms with van der Waals surface area (Å²) in [5.41, 5.74) is 1.24. The van der Waals surface area contributed by atoms with Crippen LogP contribution in [0.2, 0.25) is 5.02 Å². The molecule has 0 unspecified atom stereocenters. The van der Waals surface area contributed by atoms with Crippen molar-refractivity contribution in [3.05, 3.63) is 70.8 Å². The van der Waals surface area contributed by atoms with E-state index in [2.05, 4.69) is 0 Å². The molecule has 0 radical (unpaired) electrons. The lowest BCUT2D eigenvalue weighted by Gasteiger charge is -2.01. The number of halogens is 1. The number of carbonyl (C=O) groups excluding carboxylic acids is 1. The van der Waals surface area contributed by atoms with Gasteiger partial charge in [0.25, 0.3) is 0 Å². The first-order valence-electron chi connectivity index (χ1n) is 5.83. The Balaban J connectivity index is 2.04. The molecule has 0 atom stereocenters. The van der Waals surface area contributed by atoms with E-state index in [9.17, 15) is 4.79 Å². The second-order valence-electron chi connectivity index (χ2n) is 3.95. The molecule has 0 aromatic heterocycles. The van der Waals surface area contributed by atoms with Crippen molar-refractivity contribution in [3.63, 3.8) is 0 Å². The minimum Gasteiger partial charge on any atom is -0.423 e. The minimum atomic E-state index is -0.514. The highest BCUT2D eigenvalue weighted by molar-refractivity contribution is 6.30. The lowest BCUT2D eigenvalue weighted by molar-refractivity contribution is -0.128. The van der Waals surface area contributed by atoms with Gasteiger partial charge in [-0.25, -0.2) is 4.79 Å². The fourth-order valence-electron chi connectivity index (χ4n) is 1.55. The molecular weight excluding hydrogens is 274 g/mol. The van der Waals surface area contributed by atoms with Crippen LogP contribution in [0, 0.1) is 11.3 Å². The van der Waals surface area contributed by atoms with Crippen LogP contribution in [0.4, 0.5) is 0 Å². The zero-order valence-corrected chi connectivity index (χ0v) is 11.2. The largest absolute Gasteiger partial charge is 0.423 e. The molecule has 98 valence electrons. The Morgan fingerprint density at radius 2 is 2.00 bits per heavy atom. The van der Waals surface area contributed by atoms with Crippen molar-refractivity contribution in [1.82, 2.24) is 0 Å². The number of benzene rings is 2. The molecule has 0 aliphatic rings. The van der Waals surface area contributed by atoms with Crippen molar-refractivity contribution in [2.24, 2.45) is 0 Å². The molecule has 0 fully saturated rings. The Morgan fingerprint density at radius 3 is 2.75 bits per heavy atom. The summed E-state index contributed by atoms with van der Waals surface area (Å²) in [6, 6.07) is 15.5. The van der Waals surface area contributed by atoms with Crippen LogP contribution in [0.15, 0.2) is 54.6 Å². The molecule has 0 amide bonds. The summed E-state index contributed by atoms with van der Waals surface area (Å²) in [6.45, 7) is 0. The highest BCUT2D eigenvalue weighted by Gasteiger charge is 2.01. The first kappa shape index (κ1) is 13.9. The zero-order chi connectivity index (χ0) is 14.4. The summed E-state index contributed by atoms with van der Waals surface area (Å²) in [7, 11) is 0. The standard InChI is InChI=1S/C16H10ClNO2/c17-14-5-1-3-12(9-14)7-8-16(19)20-15-6-2-4-13(10-15)11-18/h1-10H/b8-7+. The van der Waals surface area contributed by atoms with Gasteiger partial charge in [0.1, 0.15) is 5.75 Å². The Hall–Kier alpha value is -2.57. The highest BCUT2D eigenvalue weighted by atomic mass is 35.5. The van der Waals surface area contributed by atoms with Gasteiger partial charge in [0.05, 0.1) is 11.6 Å². The van der Waals surface area contributed by atoms with Crippen LogP contribution in [-0.2, 0) is 4.79 Å². The third kappa shape index (κ3) is 3.98. The summed E-state index contributed by atoms with van der Waals surface area (Å²) in [5.74, 6) is -0.176. The van der Waals surface area contributed by atoms with Crippen LogP contribution in [-0.4, -0.2) is 5.97 Å². The van der Waals surface area contributed by atoms with E-state index < -0.39 is 5.97 Å². The first-order valence-corrected chi connectivity index (χ1v) is 6.21. The Labute approximate surface area is 121 Å². The van der Waals surface area contributed by atoms with Gasteiger partial charge in [-0.1, -0.05) is 29.8 Å². The van der Waals surface area contributed by atoms with E-state index in [4.69, 9.17) is 21.6 Å². The third-order valence-electron chi connectivity index (χ3n) is 2.44. The third-order valence-corrected chi connectivity index (χ3v) is 2.68. The van der Waals surface area contributed by atoms with E-state index in [0.29, 0.717) is 16.3 Å². The number of esters is 1. The molecule has 3 nitrogen and oxygen atoms in total. The van der Waals surface area contributed by atoms with Crippen molar-refractivity contribution in [3.8, 4) is 11.8 Å². The van der Waals surface area contributed by atoms with Gasteiger partial charge in [0, 0.05) is 11.1 Å². The maximum atomic E-state index is 11.6. The van der Waals surface area contributed by atoms with E-state index >= 15 is 0 Å². The molecule has 0 aliphatic carbocycles. The molecule has 0 N–H and O–H groups in total. The van der Waals surface area contributed by atoms with Crippen LogP contribution in [0.1, 0.15) is 11.1 Å². The van der Waals surface area contributed by atoms with Gasteiger partial charge in [-0.15, -0.1) is 0 Å². The van der Waals surface area contributed by atoms with Crippen molar-refractivity contribution < 1.29 is 9.53 Å². The predicted molar refractivity (Wildman–Crippen MR) is 77.3 cm³/mol. The van der Waals surface area contributed by atoms with E-state index in [1.54, 1.807) is 42.5 Å². The zero-order valence-electron chi connectivity index (χ0n) is 10.4. The topological polar surface area (TPSA) is 50.1 Å². The number of ether oxygens (including phenoxy) is 1. The molecule has 2 aromatic carbocycles. The molecule has 4 heteroatoms. The van der Waals surface area contributed by atoms with E-state index in [1.807, 2.05) is 12.1 Å². The SMILES string of the molecule is N#Cc1cccc(OC(=O)/C=C/c2cccc(Cl)c2)c1. The number of nitrogens with zero attached hydrogens (tertiary/aromatic N) is 1. The fourth-order valence-corrected chi connectivity index (χ4v) is 1.75. The Morgan fingerprint density at radius 1 is 1.20 bits per heavy atom. The van der Waals surface area contributed by atoms with E-state index in [0.717, 1.165) is 5.56 Å². The Kier molecular flexibility index (Phi) is 4.54.